The van der Waals surface area contributed by atoms with Crippen molar-refractivity contribution in [3.63, 3.8) is 0 Å². The summed E-state index contributed by atoms with van der Waals surface area (Å²) < 4.78 is 0. The first-order chi connectivity index (χ1) is 13.8. The first-order valence-corrected chi connectivity index (χ1v) is 10.7. The van der Waals surface area contributed by atoms with E-state index in [1.807, 2.05) is 17.3 Å². The van der Waals surface area contributed by atoms with Crippen molar-refractivity contribution in [3.05, 3.63) is 35.9 Å². The number of β-amino-alcohol motifs (C(OH)–C–C–N with tert-alkyl or cyclic N) is 1. The van der Waals surface area contributed by atoms with Gasteiger partial charge in [-0.15, -0.1) is 0 Å². The van der Waals surface area contributed by atoms with Gasteiger partial charge in [0.15, 0.2) is 0 Å². The Labute approximate surface area is 207 Å². The van der Waals surface area contributed by atoms with Crippen LogP contribution < -0.4 is 29.6 Å². The summed E-state index contributed by atoms with van der Waals surface area (Å²) in [5.74, 6) is 0. The van der Waals surface area contributed by atoms with Crippen LogP contribution in [0.25, 0.3) is 0 Å². The van der Waals surface area contributed by atoms with Crippen LogP contribution in [-0.4, -0.2) is 82.5 Å². The van der Waals surface area contributed by atoms with E-state index in [1.54, 1.807) is 4.90 Å². The van der Waals surface area contributed by atoms with E-state index in [0.29, 0.717) is 13.1 Å². The number of hydrogen-bond donors (Lipinski definition) is 1. The van der Waals surface area contributed by atoms with Crippen molar-refractivity contribution in [2.24, 2.45) is 0 Å². The summed E-state index contributed by atoms with van der Waals surface area (Å²) in [4.78, 5) is 29.9. The maximum Gasteiger partial charge on any atom is 1.00 e. The Bertz CT molecular complexity index is 761. The minimum Gasteiger partial charge on any atom is -0.870 e. The Balaban J connectivity index is 0.00000171. The summed E-state index contributed by atoms with van der Waals surface area (Å²) in [5, 5.41) is 10.8. The summed E-state index contributed by atoms with van der Waals surface area (Å²) in [5.41, 5.74) is 0.178. The Morgan fingerprint density at radius 2 is 1.68 bits per heavy atom. The van der Waals surface area contributed by atoms with Gasteiger partial charge in [-0.05, 0) is 64.6 Å². The van der Waals surface area contributed by atoms with Crippen molar-refractivity contribution in [2.45, 2.75) is 61.6 Å². The molecular formula is C23H33N3NaO4-. The van der Waals surface area contributed by atoms with Crippen molar-refractivity contribution >= 4 is 12.3 Å². The van der Waals surface area contributed by atoms with E-state index < -0.39 is 5.60 Å². The molecule has 1 aliphatic heterocycles. The van der Waals surface area contributed by atoms with Gasteiger partial charge in [0.25, 0.3) is 0 Å². The second-order valence-electron chi connectivity index (χ2n) is 9.46. The average molecular weight is 439 g/mol. The molecule has 0 bridgehead atoms. The second-order valence-corrected chi connectivity index (χ2v) is 9.46. The largest absolute Gasteiger partial charge is 1.00 e. The van der Waals surface area contributed by atoms with Crippen LogP contribution in [0.2, 0.25) is 0 Å². The fourth-order valence-corrected chi connectivity index (χ4v) is 5.66. The molecule has 1 saturated heterocycles. The molecule has 7 nitrogen and oxygen atoms in total. The van der Waals surface area contributed by atoms with Crippen LogP contribution >= 0.6 is 0 Å². The van der Waals surface area contributed by atoms with Gasteiger partial charge in [0.1, 0.15) is 0 Å². The molecule has 0 unspecified atom stereocenters. The molecule has 1 heterocycles. The third-order valence-corrected chi connectivity index (χ3v) is 7.73. The Morgan fingerprint density at radius 1 is 1.06 bits per heavy atom. The van der Waals surface area contributed by atoms with Crippen molar-refractivity contribution < 1.29 is 49.7 Å². The quantitative estimate of drug-likeness (QED) is 0.470. The van der Waals surface area contributed by atoms with E-state index in [2.05, 4.69) is 43.3 Å². The molecule has 1 aromatic carbocycles. The molecule has 3 fully saturated rings. The van der Waals surface area contributed by atoms with Gasteiger partial charge < -0.3 is 25.2 Å². The van der Waals surface area contributed by atoms with E-state index >= 15 is 0 Å². The third-order valence-electron chi connectivity index (χ3n) is 7.73. The standard InChI is InChI=1S/C23H32N3O3.Na.H2O/c1-24(2)23(19-7-4-3-5-8-19)13-11-21(12-14-23)17-25(15-16-27)20(28)26(21)18-22(29)9-6-10-22;;/h3-5,7-8,29H,6,9-15,17-18H2,1-2H3;;1H2/q-1;+1;/p-1. The predicted molar refractivity (Wildman–Crippen MR) is 113 cm³/mol. The van der Waals surface area contributed by atoms with Crippen molar-refractivity contribution in [1.29, 1.82) is 0 Å². The SMILES string of the molecule is CN(C)C1(c2ccccc2)CCC2(CC1)CN(C[C-]=O)C(=O)N2CC1(O)CCC1.[Na+].[OH-]. The first kappa shape index (κ1) is 26.3. The van der Waals surface area contributed by atoms with Gasteiger partial charge in [0, 0.05) is 12.1 Å². The number of carbonyl (C=O) groups excluding carboxylic acids is 2. The fourth-order valence-electron chi connectivity index (χ4n) is 5.66. The summed E-state index contributed by atoms with van der Waals surface area (Å²) in [6, 6.07) is 10.5. The maximum absolute atomic E-state index is 13.1. The molecule has 4 rings (SSSR count). The number of urea groups is 1. The zero-order chi connectivity index (χ0) is 20.7. The zero-order valence-electron chi connectivity index (χ0n) is 19.0. The van der Waals surface area contributed by atoms with Gasteiger partial charge in [-0.2, -0.15) is 0 Å². The van der Waals surface area contributed by atoms with E-state index in [-0.39, 0.29) is 58.7 Å². The van der Waals surface area contributed by atoms with Crippen molar-refractivity contribution in [1.82, 2.24) is 14.7 Å². The molecule has 8 heteroatoms. The smallest absolute Gasteiger partial charge is 0.870 e. The van der Waals surface area contributed by atoms with Crippen LogP contribution in [0.4, 0.5) is 4.79 Å². The third kappa shape index (κ3) is 4.59. The number of benzene rings is 1. The molecular weight excluding hydrogens is 405 g/mol. The van der Waals surface area contributed by atoms with Crippen LogP contribution in [0.15, 0.2) is 30.3 Å². The van der Waals surface area contributed by atoms with Crippen LogP contribution in [0.5, 0.6) is 0 Å². The molecule has 2 amide bonds. The zero-order valence-corrected chi connectivity index (χ0v) is 21.0. The number of hydrogen-bond acceptors (Lipinski definition) is 5. The Kier molecular flexibility index (Phi) is 8.39. The number of carbonyl (C=O) groups is 1. The number of aliphatic hydroxyl groups is 1. The Hall–Kier alpha value is -0.960. The second kappa shape index (κ2) is 9.89. The maximum atomic E-state index is 13.1. The first-order valence-electron chi connectivity index (χ1n) is 10.7. The average Bonchev–Trinajstić information content (AvgIpc) is 2.94. The molecule has 0 atom stereocenters. The molecule has 1 aromatic rings. The van der Waals surface area contributed by atoms with Gasteiger partial charge in [-0.25, -0.2) is 11.1 Å². The summed E-state index contributed by atoms with van der Waals surface area (Å²) in [6.07, 6.45) is 7.98. The van der Waals surface area contributed by atoms with Crippen LogP contribution in [0, 0.1) is 0 Å². The van der Waals surface area contributed by atoms with Crippen LogP contribution in [0.3, 0.4) is 0 Å². The molecule has 0 aromatic heterocycles. The normalized spacial score (nSPS) is 29.4. The van der Waals surface area contributed by atoms with Gasteiger partial charge >= 0.3 is 35.6 Å². The number of amides is 2. The molecule has 2 aliphatic carbocycles. The van der Waals surface area contributed by atoms with Gasteiger partial charge in [-0.1, -0.05) is 36.9 Å². The minimum absolute atomic E-state index is 0. The van der Waals surface area contributed by atoms with Crippen LogP contribution in [-0.2, 0) is 10.3 Å². The molecule has 1 spiro atoms. The van der Waals surface area contributed by atoms with E-state index in [4.69, 9.17) is 0 Å². The number of rotatable bonds is 6. The molecule has 2 N–H and O–H groups in total. The van der Waals surface area contributed by atoms with E-state index in [9.17, 15) is 14.7 Å². The molecule has 166 valence electrons. The fraction of sp³-hybridized carbons (Fsp3) is 0.652. The summed E-state index contributed by atoms with van der Waals surface area (Å²) in [6.45, 7) is 0.934. The molecule has 0 radical (unpaired) electrons. The van der Waals surface area contributed by atoms with E-state index in [1.165, 1.54) is 5.56 Å². The molecule has 2 saturated carbocycles. The monoisotopic (exact) mass is 438 g/mol. The minimum atomic E-state index is -0.765. The molecule has 3 aliphatic rings. The van der Waals surface area contributed by atoms with Crippen molar-refractivity contribution in [3.8, 4) is 0 Å². The van der Waals surface area contributed by atoms with Gasteiger partial charge in [0.2, 0.25) is 0 Å². The van der Waals surface area contributed by atoms with Gasteiger partial charge in [-0.3, -0.25) is 4.90 Å². The van der Waals surface area contributed by atoms with Crippen LogP contribution in [0.1, 0.15) is 50.5 Å². The summed E-state index contributed by atoms with van der Waals surface area (Å²) >= 11 is 0. The van der Waals surface area contributed by atoms with E-state index in [0.717, 1.165) is 44.9 Å². The number of nitrogens with zero attached hydrogens (tertiary/aromatic N) is 3. The molecule has 31 heavy (non-hydrogen) atoms. The topological polar surface area (TPSA) is 94.1 Å². The Morgan fingerprint density at radius 3 is 2.16 bits per heavy atom. The summed E-state index contributed by atoms with van der Waals surface area (Å²) in [7, 11) is 4.26. The van der Waals surface area contributed by atoms with Gasteiger partial charge in [0.05, 0.1) is 17.7 Å². The predicted octanol–water partition coefficient (Wildman–Crippen LogP) is -0.654. The van der Waals surface area contributed by atoms with Crippen molar-refractivity contribution in [2.75, 3.05) is 33.7 Å².